The van der Waals surface area contributed by atoms with Crippen molar-refractivity contribution in [3.63, 3.8) is 0 Å². The number of nitriles is 1. The molecule has 2 saturated heterocycles. The molecule has 2 aliphatic rings. The minimum absolute atomic E-state index is 0.0862. The van der Waals surface area contributed by atoms with Crippen LogP contribution in [0, 0.1) is 11.3 Å². The Balaban J connectivity index is 1.18. The quantitative estimate of drug-likeness (QED) is 0.444. The number of carbonyl (C=O) groups is 3. The van der Waals surface area contributed by atoms with Crippen LogP contribution in [0.1, 0.15) is 27.2 Å². The Hall–Kier alpha value is -4.24. The zero-order chi connectivity index (χ0) is 27.2. The largest absolute Gasteiger partial charge is 0.457 e. The summed E-state index contributed by atoms with van der Waals surface area (Å²) in [7, 11) is 0. The fraction of sp³-hybridized carbons (Fsp3) is 0.286. The fourth-order valence-corrected chi connectivity index (χ4v) is 5.27. The van der Waals surface area contributed by atoms with Crippen LogP contribution in [-0.2, 0) is 25.6 Å². The van der Waals surface area contributed by atoms with E-state index in [1.54, 1.807) is 35.7 Å². The van der Waals surface area contributed by atoms with Crippen LogP contribution in [0.25, 0.3) is 0 Å². The molecule has 0 bridgehead atoms. The van der Waals surface area contributed by atoms with Gasteiger partial charge in [-0.3, -0.25) is 14.4 Å². The van der Waals surface area contributed by atoms with Crippen molar-refractivity contribution in [2.24, 2.45) is 0 Å². The van der Waals surface area contributed by atoms with Crippen LogP contribution < -0.4 is 15.4 Å². The SMILES string of the molecule is N#Cc1csc(CNC(=O)C2CC3(CN2C(=O)CNC(=O)c2ccc(Oc4ccccc4)cc2)OCCO3)c1. The first-order valence-electron chi connectivity index (χ1n) is 12.4. The number of amides is 3. The first-order chi connectivity index (χ1) is 18.9. The Labute approximate surface area is 229 Å². The minimum atomic E-state index is -1.03. The van der Waals surface area contributed by atoms with Crippen molar-refractivity contribution in [2.75, 3.05) is 26.3 Å². The molecule has 5 rings (SSSR count). The fourth-order valence-electron chi connectivity index (χ4n) is 4.52. The predicted octanol–water partition coefficient (Wildman–Crippen LogP) is 2.80. The molecular formula is C28H26N4O6S. The maximum absolute atomic E-state index is 13.2. The molecule has 2 aromatic carbocycles. The molecule has 11 heteroatoms. The van der Waals surface area contributed by atoms with E-state index in [9.17, 15) is 14.4 Å². The Bertz CT molecular complexity index is 1380. The standard InChI is InChI=1S/C28H26N4O6S/c29-14-19-12-23(39-17-19)15-30-27(35)24-13-28(36-10-11-37-28)18-32(24)25(33)16-31-26(34)20-6-8-22(9-7-20)38-21-4-2-1-3-5-21/h1-9,12,17,24H,10-11,13,15-16,18H2,(H,30,35)(H,31,34). The molecule has 0 radical (unpaired) electrons. The molecule has 3 aromatic rings. The number of likely N-dealkylation sites (tertiary alicyclic amines) is 1. The lowest BCUT2D eigenvalue weighted by molar-refractivity contribution is -0.152. The van der Waals surface area contributed by atoms with Gasteiger partial charge in [-0.05, 0) is 42.5 Å². The van der Waals surface area contributed by atoms with Crippen molar-refractivity contribution >= 4 is 29.1 Å². The summed E-state index contributed by atoms with van der Waals surface area (Å²) in [5, 5.41) is 16.2. The van der Waals surface area contributed by atoms with Gasteiger partial charge < -0.3 is 29.7 Å². The van der Waals surface area contributed by atoms with Crippen molar-refractivity contribution in [3.8, 4) is 17.6 Å². The van der Waals surface area contributed by atoms with E-state index < -0.39 is 23.6 Å². The average Bonchev–Trinajstić information content (AvgIpc) is 3.72. The molecule has 200 valence electrons. The number of para-hydroxylation sites is 1. The highest BCUT2D eigenvalue weighted by Crippen LogP contribution is 2.35. The number of benzene rings is 2. The van der Waals surface area contributed by atoms with Crippen LogP contribution in [0.2, 0.25) is 0 Å². The molecule has 39 heavy (non-hydrogen) atoms. The van der Waals surface area contributed by atoms with E-state index in [0.29, 0.717) is 35.8 Å². The molecule has 2 N–H and O–H groups in total. The van der Waals surface area contributed by atoms with E-state index in [0.717, 1.165) is 4.88 Å². The van der Waals surface area contributed by atoms with Crippen LogP contribution >= 0.6 is 11.3 Å². The second-order valence-electron chi connectivity index (χ2n) is 9.10. The van der Waals surface area contributed by atoms with Crippen molar-refractivity contribution in [1.82, 2.24) is 15.5 Å². The molecule has 3 amide bonds. The highest BCUT2D eigenvalue weighted by atomic mass is 32.1. The number of hydrogen-bond acceptors (Lipinski definition) is 8. The molecule has 1 spiro atoms. The smallest absolute Gasteiger partial charge is 0.251 e. The number of ether oxygens (including phenoxy) is 3. The third-order valence-corrected chi connectivity index (χ3v) is 7.38. The Kier molecular flexibility index (Phi) is 7.88. The number of carbonyl (C=O) groups excluding carboxylic acids is 3. The van der Waals surface area contributed by atoms with Gasteiger partial charge >= 0.3 is 0 Å². The summed E-state index contributed by atoms with van der Waals surface area (Å²) in [5.41, 5.74) is 0.897. The van der Waals surface area contributed by atoms with Crippen molar-refractivity contribution in [2.45, 2.75) is 24.8 Å². The van der Waals surface area contributed by atoms with Gasteiger partial charge in [-0.25, -0.2) is 0 Å². The zero-order valence-electron chi connectivity index (χ0n) is 20.9. The molecule has 10 nitrogen and oxygen atoms in total. The van der Waals surface area contributed by atoms with E-state index in [4.69, 9.17) is 19.5 Å². The van der Waals surface area contributed by atoms with Gasteiger partial charge in [0.05, 0.1) is 38.4 Å². The van der Waals surface area contributed by atoms with Crippen LogP contribution in [0.4, 0.5) is 0 Å². The zero-order valence-corrected chi connectivity index (χ0v) is 21.7. The van der Waals surface area contributed by atoms with Crippen LogP contribution in [0.15, 0.2) is 66.0 Å². The number of rotatable bonds is 8. The van der Waals surface area contributed by atoms with Gasteiger partial charge in [0.1, 0.15) is 23.6 Å². The van der Waals surface area contributed by atoms with Crippen molar-refractivity contribution in [1.29, 1.82) is 5.26 Å². The van der Waals surface area contributed by atoms with Gasteiger partial charge in [-0.2, -0.15) is 5.26 Å². The summed E-state index contributed by atoms with van der Waals surface area (Å²) < 4.78 is 17.3. The Morgan fingerprint density at radius 1 is 1.05 bits per heavy atom. The molecule has 2 aliphatic heterocycles. The topological polar surface area (TPSA) is 130 Å². The third kappa shape index (κ3) is 6.26. The highest BCUT2D eigenvalue weighted by molar-refractivity contribution is 7.10. The molecule has 1 atom stereocenters. The average molecular weight is 547 g/mol. The summed E-state index contributed by atoms with van der Waals surface area (Å²) in [4.78, 5) is 41.2. The maximum Gasteiger partial charge on any atom is 0.251 e. The number of thiophene rings is 1. The predicted molar refractivity (Wildman–Crippen MR) is 141 cm³/mol. The second kappa shape index (κ2) is 11.7. The van der Waals surface area contributed by atoms with E-state index in [1.165, 1.54) is 16.2 Å². The van der Waals surface area contributed by atoms with E-state index in [2.05, 4.69) is 16.7 Å². The monoisotopic (exact) mass is 546 g/mol. The second-order valence-corrected chi connectivity index (χ2v) is 10.1. The van der Waals surface area contributed by atoms with Crippen molar-refractivity contribution < 1.29 is 28.6 Å². The molecule has 0 saturated carbocycles. The summed E-state index contributed by atoms with van der Waals surface area (Å²) >= 11 is 1.37. The normalized spacial score (nSPS) is 17.5. The number of nitrogens with zero attached hydrogens (tertiary/aromatic N) is 2. The first kappa shape index (κ1) is 26.4. The van der Waals surface area contributed by atoms with Gasteiger partial charge in [0.2, 0.25) is 11.8 Å². The summed E-state index contributed by atoms with van der Waals surface area (Å²) in [6, 6.07) is 18.8. The molecular weight excluding hydrogens is 520 g/mol. The molecule has 1 unspecified atom stereocenters. The lowest BCUT2D eigenvalue weighted by Gasteiger charge is -2.24. The van der Waals surface area contributed by atoms with E-state index >= 15 is 0 Å². The minimum Gasteiger partial charge on any atom is -0.457 e. The molecule has 0 aliphatic carbocycles. The van der Waals surface area contributed by atoms with Crippen LogP contribution in [0.5, 0.6) is 11.5 Å². The summed E-state index contributed by atoms with van der Waals surface area (Å²) in [5.74, 6) is -0.984. The lowest BCUT2D eigenvalue weighted by atomic mass is 10.1. The molecule has 1 aromatic heterocycles. The van der Waals surface area contributed by atoms with Gasteiger partial charge in [0.15, 0.2) is 5.79 Å². The lowest BCUT2D eigenvalue weighted by Crippen LogP contribution is -2.49. The maximum atomic E-state index is 13.2. The number of nitrogens with one attached hydrogen (secondary N) is 2. The molecule has 2 fully saturated rings. The van der Waals surface area contributed by atoms with Crippen LogP contribution in [-0.4, -0.2) is 60.8 Å². The van der Waals surface area contributed by atoms with Crippen LogP contribution in [0.3, 0.4) is 0 Å². The molecule has 3 heterocycles. The Morgan fingerprint density at radius 2 is 1.77 bits per heavy atom. The highest BCUT2D eigenvalue weighted by Gasteiger charge is 2.52. The Morgan fingerprint density at radius 3 is 2.46 bits per heavy atom. The number of hydrogen-bond donors (Lipinski definition) is 2. The van der Waals surface area contributed by atoms with Gasteiger partial charge in [-0.15, -0.1) is 11.3 Å². The van der Waals surface area contributed by atoms with E-state index in [-0.39, 0.29) is 32.0 Å². The van der Waals surface area contributed by atoms with Gasteiger partial charge in [-0.1, -0.05) is 18.2 Å². The summed E-state index contributed by atoms with van der Waals surface area (Å²) in [6.07, 6.45) is 0.190. The summed E-state index contributed by atoms with van der Waals surface area (Å²) in [6.45, 7) is 0.784. The van der Waals surface area contributed by atoms with Gasteiger partial charge in [0, 0.05) is 22.2 Å². The van der Waals surface area contributed by atoms with Crippen molar-refractivity contribution in [3.05, 3.63) is 82.0 Å². The first-order valence-corrected chi connectivity index (χ1v) is 13.3. The van der Waals surface area contributed by atoms with Gasteiger partial charge in [0.25, 0.3) is 5.91 Å². The third-order valence-electron chi connectivity index (χ3n) is 6.44. The van der Waals surface area contributed by atoms with E-state index in [1.807, 2.05) is 30.3 Å².